The van der Waals surface area contributed by atoms with Crippen molar-refractivity contribution in [3.8, 4) is 0 Å². The fourth-order valence-corrected chi connectivity index (χ4v) is 12.1. The summed E-state index contributed by atoms with van der Waals surface area (Å²) in [5, 5.41) is 61.2. The molecule has 0 bridgehead atoms. The highest BCUT2D eigenvalue weighted by atomic mass is 19.4. The molecule has 7 aromatic carbocycles. The van der Waals surface area contributed by atoms with Gasteiger partial charge in [-0.2, -0.15) is 79.0 Å². The molecular weight excluding hydrogens is 2040 g/mol. The van der Waals surface area contributed by atoms with Crippen molar-refractivity contribution in [2.75, 3.05) is 56.9 Å². The summed E-state index contributed by atoms with van der Waals surface area (Å²) in [6, 6.07) is 52.0. The molecule has 806 valence electrons. The normalized spacial score (nSPS) is 22.9. The molecule has 19 atom stereocenters. The molecule has 1 aliphatic carbocycles. The van der Waals surface area contributed by atoms with Crippen LogP contribution in [-0.4, -0.2) is 282 Å². The van der Waals surface area contributed by atoms with Gasteiger partial charge in [0.1, 0.15) is 49.3 Å². The molecule has 25 N–H and O–H groups in total. The molecule has 147 heavy (non-hydrogen) atoms. The van der Waals surface area contributed by atoms with Crippen LogP contribution in [0.4, 0.5) is 152 Å². The van der Waals surface area contributed by atoms with E-state index in [1.165, 1.54) is 0 Å². The van der Waals surface area contributed by atoms with E-state index in [4.69, 9.17) is 155 Å². The van der Waals surface area contributed by atoms with Gasteiger partial charge in [0.15, 0.2) is 49.4 Å². The average molecular weight is 2130 g/mol. The fourth-order valence-electron chi connectivity index (χ4n) is 12.1. The van der Waals surface area contributed by atoms with Crippen LogP contribution >= 0.6 is 0 Å². The number of aliphatic carboxylic acids is 6. The van der Waals surface area contributed by atoms with Crippen molar-refractivity contribution in [2.45, 2.75) is 160 Å². The third-order valence-electron chi connectivity index (χ3n) is 18.5. The Morgan fingerprint density at radius 2 is 0.449 bits per heavy atom. The fraction of sp³-hybridized carbons (Fsp3) is 0.345. The van der Waals surface area contributed by atoms with Crippen LogP contribution in [0.25, 0.3) is 0 Å². The first-order valence-corrected chi connectivity index (χ1v) is 40.9. The first-order valence-electron chi connectivity index (χ1n) is 40.9. The molecule has 0 spiro atoms. The molecule has 4 fully saturated rings. The summed E-state index contributed by atoms with van der Waals surface area (Å²) in [6.45, 7) is -1.61. The maximum absolute atomic E-state index is 14.6. The molecule has 3 aliphatic heterocycles. The van der Waals surface area contributed by atoms with Gasteiger partial charge in [-0.05, 0) is 91.3 Å². The third kappa shape index (κ3) is 42.4. The van der Waals surface area contributed by atoms with Gasteiger partial charge in [0.05, 0.1) is 12.1 Å². The Kier molecular flexibility index (Phi) is 47.0. The third-order valence-corrected chi connectivity index (χ3v) is 18.5. The summed E-state index contributed by atoms with van der Waals surface area (Å²) < 4.78 is 273. The van der Waals surface area contributed by atoms with Gasteiger partial charge >= 0.3 is 116 Å². The number of amides is 7. The second kappa shape index (κ2) is 56.7. The Hall–Kier alpha value is -15.5. The molecule has 3 saturated heterocycles. The van der Waals surface area contributed by atoms with Crippen molar-refractivity contribution in [2.24, 2.45) is 34.4 Å². The highest BCUT2D eigenvalue weighted by Crippen LogP contribution is 2.40. The number of carbonyl (C=O) groups is 13. The second-order valence-corrected chi connectivity index (χ2v) is 29.2. The largest absolute Gasteiger partial charge is 0.490 e. The van der Waals surface area contributed by atoms with E-state index in [-0.39, 0.29) is 12.1 Å². The number of halogens is 18. The number of ether oxygens (including phenoxy) is 13. The first-order chi connectivity index (χ1) is 68.6. The Labute approximate surface area is 812 Å². The monoisotopic (exact) mass is 2130 g/mol. The molecule has 11 rings (SSSR count). The van der Waals surface area contributed by atoms with Crippen molar-refractivity contribution in [1.29, 1.82) is 0 Å². The number of alkyl halides is 18. The van der Waals surface area contributed by atoms with E-state index in [9.17, 15) is 113 Å². The van der Waals surface area contributed by atoms with Crippen molar-refractivity contribution in [3.63, 3.8) is 0 Å². The molecule has 63 heteroatoms. The summed E-state index contributed by atoms with van der Waals surface area (Å²) in [7, 11) is 0. The van der Waals surface area contributed by atoms with Crippen LogP contribution in [-0.2, 0) is 90.3 Å². The zero-order chi connectivity index (χ0) is 110. The summed E-state index contributed by atoms with van der Waals surface area (Å²) in [5.74, 6) is -16.5. The topological polar surface area (TPSA) is 704 Å². The van der Waals surface area contributed by atoms with E-state index >= 15 is 0 Å². The average Bonchev–Trinajstić information content (AvgIpc) is 1.74. The van der Waals surface area contributed by atoms with Crippen LogP contribution in [0.2, 0.25) is 0 Å². The summed E-state index contributed by atoms with van der Waals surface area (Å²) in [6.07, 6.45) is -63.1. The van der Waals surface area contributed by atoms with Gasteiger partial charge in [-0.15, -0.1) is 0 Å². The van der Waals surface area contributed by atoms with Crippen LogP contribution in [0, 0.1) is 0 Å². The number of carbonyl (C=O) groups excluding carboxylic acids is 7. The van der Waals surface area contributed by atoms with E-state index in [0.29, 0.717) is 34.1 Å². The van der Waals surface area contributed by atoms with Gasteiger partial charge in [0.2, 0.25) is 0 Å². The van der Waals surface area contributed by atoms with Gasteiger partial charge in [0.25, 0.3) is 0 Å². The van der Waals surface area contributed by atoms with Crippen LogP contribution in [0.5, 0.6) is 0 Å². The van der Waals surface area contributed by atoms with Crippen molar-refractivity contribution >= 4 is 118 Å². The highest BCUT2D eigenvalue weighted by Gasteiger charge is 2.60. The molecule has 4 aliphatic rings. The van der Waals surface area contributed by atoms with Gasteiger partial charge in [-0.25, -0.2) is 62.3 Å². The van der Waals surface area contributed by atoms with Crippen LogP contribution < -0.4 is 71.6 Å². The number of rotatable bonds is 23. The molecule has 45 nitrogen and oxygen atoms in total. The van der Waals surface area contributed by atoms with Crippen LogP contribution in [0.1, 0.15) is 6.42 Å². The Bertz CT molecular complexity index is 5190. The predicted octanol–water partition coefficient (Wildman–Crippen LogP) is 10.7. The molecule has 7 aromatic rings. The van der Waals surface area contributed by atoms with Gasteiger partial charge < -0.3 is 127 Å². The zero-order valence-electron chi connectivity index (χ0n) is 74.1. The molecule has 0 aromatic heterocycles. The molecule has 0 unspecified atom stereocenters. The zero-order valence-corrected chi connectivity index (χ0v) is 74.1. The number of anilines is 7. The van der Waals surface area contributed by atoms with E-state index in [0.717, 1.165) is 0 Å². The predicted molar refractivity (Wildman–Crippen MR) is 461 cm³/mol. The molecular formula is C84H87F18N13O32. The minimum absolute atomic E-state index is 0.186. The first kappa shape index (κ1) is 122. The Morgan fingerprint density at radius 1 is 0.259 bits per heavy atom. The lowest BCUT2D eigenvalue weighted by atomic mass is 9.84. The van der Waals surface area contributed by atoms with Gasteiger partial charge in [-0.1, -0.05) is 127 Å². The number of nitrogens with two attached hydrogens (primary N) is 6. The maximum atomic E-state index is 14.6. The minimum atomic E-state index is -5.08. The number of nitrogens with one attached hydrogen (secondary N) is 7. The molecule has 3 heterocycles. The van der Waals surface area contributed by atoms with E-state index in [1.54, 1.807) is 212 Å². The Morgan fingerprint density at radius 3 is 0.680 bits per heavy atom. The standard InChI is InChI=1S/C72H81N13O20.6C2HF3O2/c73-37-49-56(101-68(88)81-42-26-12-3-13-27-42)59(103-70(90)83-44-30-16-5-17-31-44)52(77)63(94-49)97-54-47(75)36-48(76)55(100-67(87)80-41-24-10-2-11-25-41)61(54)99-65-62(105-72(92)85-46-34-20-7-21-35-46)58(51(96-65)39-93-66(86)79-40-22-8-1-9-23-40)98-64-53(78)60(104-71(91)84-45-32-18-6-19-33-45)57(50(38-74)95-64)102-69(89)82-43-28-14-4-15-29-43;6*3-2(4,5)1(6)7/h1-35,47-65H,36-39,73-78H2,(H,79,86)(H,80,87)(H,81,88)(H,82,89)(H,83,90)(H,84,91)(H,85,92);6*(H,6,7)/t47-,48+,49+,50-,51+,52+,53+,54+,55-,56+,57+,58+,59+,60+,61-,62+,63+,64+,65-;;;;;;/m0....../s1. The number of para-hydroxylation sites is 7. The smallest absolute Gasteiger partial charge is 0.475 e. The highest BCUT2D eigenvalue weighted by molar-refractivity contribution is 5.89. The summed E-state index contributed by atoms with van der Waals surface area (Å²) in [5.41, 5.74) is 43.3. The quantitative estimate of drug-likeness (QED) is 0.0209. The molecule has 1 saturated carbocycles. The van der Waals surface area contributed by atoms with Gasteiger partial charge in [-0.3, -0.25) is 37.2 Å². The Balaban J connectivity index is 0.000000754. The van der Waals surface area contributed by atoms with Crippen molar-refractivity contribution in [1.82, 2.24) is 0 Å². The lowest BCUT2D eigenvalue weighted by Gasteiger charge is -2.48. The number of hydrogen-bond donors (Lipinski definition) is 19. The molecule has 7 amide bonds. The second-order valence-electron chi connectivity index (χ2n) is 29.2. The lowest BCUT2D eigenvalue weighted by molar-refractivity contribution is -0.305. The van der Waals surface area contributed by atoms with Crippen LogP contribution in [0.3, 0.4) is 0 Å². The number of benzene rings is 7. The number of hydrogen-bond acceptors (Lipinski definition) is 32. The minimum Gasteiger partial charge on any atom is -0.475 e. The molecule has 0 radical (unpaired) electrons. The number of carboxylic acids is 6. The SMILES string of the molecule is NC[C@@H]1O[C@H](O[C@H]2[C@@H](OC(=O)Nc3ccccc3)[C@H](O[C@@H]3[C@@H](OC(=O)Nc4ccccc4)[C@H](N)C[C@H](N)[C@H]3O[C@H]3O[C@H](CN)[C@@H](OC(=O)Nc4ccccc4)[C@H](OC(=O)Nc4ccccc4)[C@H]3N)O[C@@H]2COC(=O)Nc2ccccc2)[C@H](N)[C@@H](OC(=O)Nc2ccccc2)[C@@H]1OC(=O)Nc1ccccc1.O=C(O)C(F)(F)F.O=C(O)C(F)(F)F.O=C(O)C(F)(F)F.O=C(O)C(F)(F)F.O=C(O)C(F)(F)F.O=C(O)C(F)(F)F. The summed E-state index contributed by atoms with van der Waals surface area (Å²) >= 11 is 0. The van der Waals surface area contributed by atoms with Gasteiger partial charge in [0, 0.05) is 65.0 Å². The van der Waals surface area contributed by atoms with E-state index in [1.807, 2.05) is 0 Å². The van der Waals surface area contributed by atoms with Crippen molar-refractivity contribution in [3.05, 3.63) is 212 Å². The van der Waals surface area contributed by atoms with Crippen LogP contribution in [0.15, 0.2) is 212 Å². The maximum Gasteiger partial charge on any atom is 0.490 e. The van der Waals surface area contributed by atoms with E-state index < -0.39 is 252 Å². The lowest BCUT2D eigenvalue weighted by Crippen LogP contribution is -2.69. The van der Waals surface area contributed by atoms with E-state index in [2.05, 4.69) is 37.2 Å². The summed E-state index contributed by atoms with van der Waals surface area (Å²) in [4.78, 5) is 152. The van der Waals surface area contributed by atoms with Crippen molar-refractivity contribution < 1.29 is 234 Å². The number of carboxylic acid groups (broad SMARTS) is 6.